The Morgan fingerprint density at radius 3 is 2.61 bits per heavy atom. The zero-order chi connectivity index (χ0) is 16.1. The van der Waals surface area contributed by atoms with Gasteiger partial charge >= 0.3 is 0 Å². The number of carbonyl (C=O) groups is 1. The molecular weight excluding hydrogens is 376 g/mol. The summed E-state index contributed by atoms with van der Waals surface area (Å²) in [6.07, 6.45) is 0. The second-order valence-corrected chi connectivity index (χ2v) is 6.45. The highest BCUT2D eigenvalue weighted by Gasteiger charge is 2.08. The average Bonchev–Trinajstić information content (AvgIpc) is 3.04. The van der Waals surface area contributed by atoms with Crippen molar-refractivity contribution in [3.05, 3.63) is 65.1 Å². The number of nitrogens with zero attached hydrogens (tertiary/aromatic N) is 1. The van der Waals surface area contributed by atoms with Crippen molar-refractivity contribution >= 4 is 38.4 Å². The van der Waals surface area contributed by atoms with Crippen molar-refractivity contribution in [1.82, 2.24) is 4.37 Å². The Morgan fingerprint density at radius 2 is 1.87 bits per heavy atom. The Balaban J connectivity index is 1.56. The molecule has 2 aromatic carbocycles. The van der Waals surface area contributed by atoms with Gasteiger partial charge in [-0.05, 0) is 35.8 Å². The molecule has 0 aliphatic heterocycles. The molecule has 6 heteroatoms. The van der Waals surface area contributed by atoms with Crippen LogP contribution < -0.4 is 10.1 Å². The fourth-order valence-electron chi connectivity index (χ4n) is 1.93. The molecule has 0 radical (unpaired) electrons. The summed E-state index contributed by atoms with van der Waals surface area (Å²) in [5.74, 6) is 0.439. The van der Waals surface area contributed by atoms with Gasteiger partial charge in [-0.3, -0.25) is 4.79 Å². The van der Waals surface area contributed by atoms with E-state index in [0.717, 1.165) is 15.7 Å². The molecule has 1 aromatic heterocycles. The van der Waals surface area contributed by atoms with Crippen LogP contribution in [0.15, 0.2) is 65.1 Å². The Morgan fingerprint density at radius 1 is 1.13 bits per heavy atom. The van der Waals surface area contributed by atoms with Gasteiger partial charge in [0.05, 0.1) is 5.69 Å². The standard InChI is InChI=1S/C17H13BrN2O2S/c18-13-6-8-14(9-7-13)22-11-16(21)19-17-10-15(20-23-17)12-4-2-1-3-5-12/h1-10H,11H2,(H,19,21). The number of anilines is 1. The van der Waals surface area contributed by atoms with Crippen molar-refractivity contribution in [1.29, 1.82) is 0 Å². The second kappa shape index (κ2) is 7.39. The smallest absolute Gasteiger partial charge is 0.262 e. The Hall–Kier alpha value is -2.18. The fraction of sp³-hybridized carbons (Fsp3) is 0.0588. The van der Waals surface area contributed by atoms with E-state index in [1.165, 1.54) is 11.5 Å². The van der Waals surface area contributed by atoms with Gasteiger partial charge in [-0.25, -0.2) is 0 Å². The summed E-state index contributed by atoms with van der Waals surface area (Å²) < 4.78 is 10.8. The monoisotopic (exact) mass is 388 g/mol. The van der Waals surface area contributed by atoms with Crippen LogP contribution in [0.1, 0.15) is 0 Å². The van der Waals surface area contributed by atoms with Crippen molar-refractivity contribution < 1.29 is 9.53 Å². The van der Waals surface area contributed by atoms with E-state index in [4.69, 9.17) is 4.74 Å². The van der Waals surface area contributed by atoms with Crippen molar-refractivity contribution in [2.45, 2.75) is 0 Å². The molecule has 0 fully saturated rings. The molecule has 1 N–H and O–H groups in total. The predicted molar refractivity (Wildman–Crippen MR) is 95.8 cm³/mol. The molecule has 3 aromatic rings. The van der Waals surface area contributed by atoms with E-state index in [9.17, 15) is 4.79 Å². The minimum absolute atomic E-state index is 0.0415. The van der Waals surface area contributed by atoms with Gasteiger partial charge in [-0.2, -0.15) is 4.37 Å². The highest BCUT2D eigenvalue weighted by atomic mass is 79.9. The van der Waals surface area contributed by atoms with Crippen molar-refractivity contribution in [2.24, 2.45) is 0 Å². The number of amides is 1. The molecule has 0 atom stereocenters. The molecule has 0 saturated heterocycles. The van der Waals surface area contributed by atoms with Crippen molar-refractivity contribution in [2.75, 3.05) is 11.9 Å². The number of aromatic nitrogens is 1. The first-order valence-corrected chi connectivity index (χ1v) is 8.48. The minimum Gasteiger partial charge on any atom is -0.484 e. The van der Waals surface area contributed by atoms with Gasteiger partial charge < -0.3 is 10.1 Å². The quantitative estimate of drug-likeness (QED) is 0.695. The summed E-state index contributed by atoms with van der Waals surface area (Å²) in [5.41, 5.74) is 1.87. The molecule has 1 heterocycles. The topological polar surface area (TPSA) is 51.2 Å². The molecule has 23 heavy (non-hydrogen) atoms. The van der Waals surface area contributed by atoms with Gasteiger partial charge in [0.15, 0.2) is 6.61 Å². The Bertz CT molecular complexity index is 788. The molecule has 0 bridgehead atoms. The molecule has 3 rings (SSSR count). The van der Waals surface area contributed by atoms with Crippen LogP contribution in [0.5, 0.6) is 5.75 Å². The van der Waals surface area contributed by atoms with E-state index in [1.807, 2.05) is 48.5 Å². The maximum absolute atomic E-state index is 11.9. The normalized spacial score (nSPS) is 10.3. The number of nitrogens with one attached hydrogen (secondary N) is 1. The Labute approximate surface area is 146 Å². The summed E-state index contributed by atoms with van der Waals surface area (Å²) in [7, 11) is 0. The zero-order valence-corrected chi connectivity index (χ0v) is 14.4. The van der Waals surface area contributed by atoms with Crippen LogP contribution in [0.3, 0.4) is 0 Å². The maximum atomic E-state index is 11.9. The van der Waals surface area contributed by atoms with Gasteiger partial charge in [0.25, 0.3) is 5.91 Å². The third-order valence-electron chi connectivity index (χ3n) is 3.03. The zero-order valence-electron chi connectivity index (χ0n) is 12.0. The van der Waals surface area contributed by atoms with Gasteiger partial charge in [0.1, 0.15) is 10.8 Å². The van der Waals surface area contributed by atoms with E-state index < -0.39 is 0 Å². The molecular formula is C17H13BrN2O2S. The summed E-state index contributed by atoms with van der Waals surface area (Å²) in [6.45, 7) is -0.0415. The van der Waals surface area contributed by atoms with Crippen LogP contribution in [-0.4, -0.2) is 16.9 Å². The van der Waals surface area contributed by atoms with Gasteiger partial charge in [0.2, 0.25) is 0 Å². The average molecular weight is 389 g/mol. The van der Waals surface area contributed by atoms with Gasteiger partial charge in [0, 0.05) is 16.1 Å². The SMILES string of the molecule is O=C(COc1ccc(Br)cc1)Nc1cc(-c2ccccc2)ns1. The number of rotatable bonds is 5. The molecule has 1 amide bonds. The lowest BCUT2D eigenvalue weighted by molar-refractivity contribution is -0.118. The van der Waals surface area contributed by atoms with Crippen LogP contribution in [-0.2, 0) is 4.79 Å². The third-order valence-corrected chi connectivity index (χ3v) is 4.26. The van der Waals surface area contributed by atoms with Crippen LogP contribution in [0.4, 0.5) is 5.00 Å². The molecule has 0 unspecified atom stereocenters. The van der Waals surface area contributed by atoms with E-state index in [1.54, 1.807) is 12.1 Å². The molecule has 0 saturated carbocycles. The number of hydrogen-bond acceptors (Lipinski definition) is 4. The number of hydrogen-bond donors (Lipinski definition) is 1. The number of carbonyl (C=O) groups excluding carboxylic acids is 1. The second-order valence-electron chi connectivity index (χ2n) is 4.73. The molecule has 4 nitrogen and oxygen atoms in total. The molecule has 0 aliphatic carbocycles. The first-order valence-electron chi connectivity index (χ1n) is 6.91. The number of ether oxygens (including phenoxy) is 1. The van der Waals surface area contributed by atoms with Crippen LogP contribution in [0.2, 0.25) is 0 Å². The summed E-state index contributed by atoms with van der Waals surface area (Å²) in [4.78, 5) is 11.9. The van der Waals surface area contributed by atoms with Gasteiger partial charge in [-0.1, -0.05) is 46.3 Å². The first kappa shape index (κ1) is 15.7. The molecule has 116 valence electrons. The van der Waals surface area contributed by atoms with Crippen molar-refractivity contribution in [3.8, 4) is 17.0 Å². The molecule has 0 spiro atoms. The van der Waals surface area contributed by atoms with E-state index in [-0.39, 0.29) is 12.5 Å². The maximum Gasteiger partial charge on any atom is 0.262 e. The summed E-state index contributed by atoms with van der Waals surface area (Å²) in [5, 5.41) is 3.50. The predicted octanol–water partition coefficient (Wildman–Crippen LogP) is 4.59. The van der Waals surface area contributed by atoms with Crippen LogP contribution >= 0.6 is 27.5 Å². The minimum atomic E-state index is -0.212. The lowest BCUT2D eigenvalue weighted by atomic mass is 10.2. The van der Waals surface area contributed by atoms with E-state index in [2.05, 4.69) is 25.6 Å². The summed E-state index contributed by atoms with van der Waals surface area (Å²) in [6, 6.07) is 19.0. The number of benzene rings is 2. The van der Waals surface area contributed by atoms with Gasteiger partial charge in [-0.15, -0.1) is 0 Å². The van der Waals surface area contributed by atoms with Crippen LogP contribution in [0.25, 0.3) is 11.3 Å². The largest absolute Gasteiger partial charge is 0.484 e. The van der Waals surface area contributed by atoms with Crippen molar-refractivity contribution in [3.63, 3.8) is 0 Å². The number of halogens is 1. The summed E-state index contributed by atoms with van der Waals surface area (Å²) >= 11 is 4.60. The fourth-order valence-corrected chi connectivity index (χ4v) is 2.88. The third kappa shape index (κ3) is 4.40. The Kier molecular flexibility index (Phi) is 5.05. The lowest BCUT2D eigenvalue weighted by Gasteiger charge is -2.05. The van der Waals surface area contributed by atoms with E-state index >= 15 is 0 Å². The first-order chi connectivity index (χ1) is 11.2. The highest BCUT2D eigenvalue weighted by molar-refractivity contribution is 9.10. The molecule has 0 aliphatic rings. The van der Waals surface area contributed by atoms with E-state index in [0.29, 0.717) is 10.8 Å². The highest BCUT2D eigenvalue weighted by Crippen LogP contribution is 2.25. The lowest BCUT2D eigenvalue weighted by Crippen LogP contribution is -2.19. The van der Waals surface area contributed by atoms with Crippen LogP contribution in [0, 0.1) is 0 Å².